The highest BCUT2D eigenvalue weighted by Crippen LogP contribution is 2.61. The van der Waals surface area contributed by atoms with Crippen LogP contribution in [0, 0.1) is 0 Å². The Balaban J connectivity index is 1.77. The minimum atomic E-state index is -3.45. The Hall–Kier alpha value is -0.0500. The Morgan fingerprint density at radius 2 is 0.966 bits per heavy atom. The van der Waals surface area contributed by atoms with E-state index in [2.05, 4.69) is 0 Å². The number of hydrogen-bond acceptors (Lipinski definition) is 7. The van der Waals surface area contributed by atoms with Crippen LogP contribution in [0.2, 0.25) is 0 Å². The van der Waals surface area contributed by atoms with Crippen molar-refractivity contribution in [1.29, 1.82) is 0 Å². The van der Waals surface area contributed by atoms with Crippen LogP contribution in [0.1, 0.15) is 81.1 Å². The van der Waals surface area contributed by atoms with Gasteiger partial charge in [-0.1, -0.05) is 0 Å². The van der Waals surface area contributed by atoms with Crippen LogP contribution in [0.3, 0.4) is 0 Å². The summed E-state index contributed by atoms with van der Waals surface area (Å²) in [5.74, 6) is 0. The summed E-state index contributed by atoms with van der Waals surface area (Å²) in [6, 6.07) is 0. The smallest absolute Gasteiger partial charge is 0.313 e. The highest BCUT2D eigenvalue weighted by atomic mass is 31.2. The average Bonchev–Trinajstić information content (AvgIpc) is 3.34. The molecular weight excluding hydrogens is 393 g/mol. The van der Waals surface area contributed by atoms with Crippen LogP contribution >= 0.6 is 7.75 Å². The Bertz CT molecular complexity index is 593. The van der Waals surface area contributed by atoms with E-state index in [0.29, 0.717) is 38.8 Å². The first-order valence-corrected chi connectivity index (χ1v) is 12.2. The van der Waals surface area contributed by atoms with E-state index in [0.717, 1.165) is 0 Å². The van der Waals surface area contributed by atoms with E-state index in [4.69, 9.17) is 9.05 Å². The lowest BCUT2D eigenvalue weighted by molar-refractivity contribution is -0.259. The summed E-state index contributed by atoms with van der Waals surface area (Å²) in [5.41, 5.74) is -1.94. The zero-order valence-electron chi connectivity index (χ0n) is 19.3. The second-order valence-corrected chi connectivity index (χ2v) is 13.5. The van der Waals surface area contributed by atoms with Gasteiger partial charge in [0, 0.05) is 35.2 Å². The lowest BCUT2D eigenvalue weighted by Crippen LogP contribution is -2.61. The van der Waals surface area contributed by atoms with Gasteiger partial charge < -0.3 is 10.4 Å². The Morgan fingerprint density at radius 3 is 1.21 bits per heavy atom. The van der Waals surface area contributed by atoms with Crippen molar-refractivity contribution < 1.29 is 24.0 Å². The van der Waals surface area contributed by atoms with E-state index in [1.807, 2.05) is 55.4 Å². The summed E-state index contributed by atoms with van der Waals surface area (Å²) in [5, 5.41) is 23.9. The molecule has 0 aromatic heterocycles. The molecule has 0 amide bonds. The standard InChI is InChI=1S/C20H40N3O5P/c1-17(2)11-15(12-18(3,4)22(17)24)27-29(26,21-9-10-21)28-16-13-19(5,6)23(25)20(7,8)14-16/h15-16,24-25H,9-14H2,1-8H3. The molecule has 2 N–H and O–H groups in total. The normalized spacial score (nSPS) is 31.1. The number of rotatable bonds is 5. The van der Waals surface area contributed by atoms with Crippen LogP contribution in [-0.4, -0.2) is 72.7 Å². The Kier molecular flexibility index (Phi) is 5.89. The number of hydrogen-bond donors (Lipinski definition) is 2. The van der Waals surface area contributed by atoms with Crippen molar-refractivity contribution >= 4 is 7.75 Å². The molecule has 3 rings (SSSR count). The van der Waals surface area contributed by atoms with Gasteiger partial charge >= 0.3 is 7.75 Å². The maximum absolute atomic E-state index is 13.8. The molecule has 3 saturated heterocycles. The largest absolute Gasteiger partial charge is 0.408 e. The quantitative estimate of drug-likeness (QED) is 0.491. The number of piperidine rings is 2. The minimum Gasteiger partial charge on any atom is -0.313 e. The van der Waals surface area contributed by atoms with E-state index >= 15 is 0 Å². The SMILES string of the molecule is CC1(C)CC(OP(=O)(OC2CC(C)(C)N(O)C(C)(C)C2)N2CC2)CC(C)(C)N1O. The van der Waals surface area contributed by atoms with Gasteiger partial charge in [0.1, 0.15) is 0 Å². The van der Waals surface area contributed by atoms with Crippen molar-refractivity contribution in [2.75, 3.05) is 13.1 Å². The van der Waals surface area contributed by atoms with Gasteiger partial charge in [0.15, 0.2) is 0 Å². The fourth-order valence-electron chi connectivity index (χ4n) is 5.33. The molecule has 0 radical (unpaired) electrons. The fraction of sp³-hybridized carbons (Fsp3) is 1.00. The summed E-state index contributed by atoms with van der Waals surface area (Å²) < 4.78 is 28.1. The molecule has 0 unspecified atom stereocenters. The summed E-state index contributed by atoms with van der Waals surface area (Å²) in [6.45, 7) is 17.1. The first kappa shape index (κ1) is 23.6. The van der Waals surface area contributed by atoms with E-state index in [-0.39, 0.29) is 12.2 Å². The maximum Gasteiger partial charge on any atom is 0.408 e. The van der Waals surface area contributed by atoms with Crippen molar-refractivity contribution in [2.45, 2.75) is 115 Å². The van der Waals surface area contributed by atoms with Gasteiger partial charge in [-0.05, 0) is 81.1 Å². The molecule has 170 valence electrons. The van der Waals surface area contributed by atoms with Gasteiger partial charge in [0.2, 0.25) is 0 Å². The molecule has 0 bridgehead atoms. The zero-order chi connectivity index (χ0) is 22.0. The summed E-state index contributed by atoms with van der Waals surface area (Å²) >= 11 is 0. The van der Waals surface area contributed by atoms with Crippen LogP contribution in [0.4, 0.5) is 0 Å². The molecule has 9 heteroatoms. The lowest BCUT2D eigenvalue weighted by atomic mass is 9.80. The molecule has 29 heavy (non-hydrogen) atoms. The van der Waals surface area contributed by atoms with Crippen LogP contribution in [-0.2, 0) is 13.6 Å². The van der Waals surface area contributed by atoms with Crippen LogP contribution in [0.25, 0.3) is 0 Å². The van der Waals surface area contributed by atoms with Gasteiger partial charge in [-0.3, -0.25) is 9.05 Å². The molecule has 3 heterocycles. The van der Waals surface area contributed by atoms with Gasteiger partial charge in [-0.15, -0.1) is 0 Å². The topological polar surface area (TPSA) is 85.5 Å². The van der Waals surface area contributed by atoms with Crippen molar-refractivity contribution in [1.82, 2.24) is 14.8 Å². The lowest BCUT2D eigenvalue weighted by Gasteiger charge is -2.52. The van der Waals surface area contributed by atoms with Gasteiger partial charge in [-0.25, -0.2) is 9.24 Å². The fourth-order valence-corrected chi connectivity index (χ4v) is 7.28. The highest BCUT2D eigenvalue weighted by molar-refractivity contribution is 7.51. The molecule has 0 saturated carbocycles. The summed E-state index contributed by atoms with van der Waals surface area (Å²) in [7, 11) is -3.45. The van der Waals surface area contributed by atoms with E-state index in [1.54, 1.807) is 4.67 Å². The molecular formula is C20H40N3O5P. The predicted octanol–water partition coefficient (Wildman–Crippen LogP) is 4.26. The monoisotopic (exact) mass is 433 g/mol. The first-order valence-electron chi connectivity index (χ1n) is 10.7. The third-order valence-electron chi connectivity index (χ3n) is 6.54. The second kappa shape index (κ2) is 7.24. The van der Waals surface area contributed by atoms with E-state index in [9.17, 15) is 15.0 Å². The van der Waals surface area contributed by atoms with Crippen molar-refractivity contribution in [3.8, 4) is 0 Å². The van der Waals surface area contributed by atoms with Crippen molar-refractivity contribution in [3.05, 3.63) is 0 Å². The van der Waals surface area contributed by atoms with Gasteiger partial charge in [0.25, 0.3) is 0 Å². The summed E-state index contributed by atoms with van der Waals surface area (Å²) in [6.07, 6.45) is 1.74. The minimum absolute atomic E-state index is 0.270. The molecule has 3 aliphatic rings. The van der Waals surface area contributed by atoms with Crippen LogP contribution < -0.4 is 0 Å². The number of hydroxylamine groups is 4. The van der Waals surface area contributed by atoms with Crippen molar-refractivity contribution in [3.63, 3.8) is 0 Å². The Labute approximate surface area is 175 Å². The van der Waals surface area contributed by atoms with Crippen molar-refractivity contribution in [2.24, 2.45) is 0 Å². The zero-order valence-corrected chi connectivity index (χ0v) is 20.2. The molecule has 3 fully saturated rings. The molecule has 0 spiro atoms. The van der Waals surface area contributed by atoms with Gasteiger partial charge in [-0.2, -0.15) is 10.1 Å². The molecule has 8 nitrogen and oxygen atoms in total. The molecule has 3 aliphatic heterocycles. The third kappa shape index (κ3) is 4.75. The second-order valence-electron chi connectivity index (χ2n) is 11.6. The van der Waals surface area contributed by atoms with Crippen LogP contribution in [0.5, 0.6) is 0 Å². The average molecular weight is 434 g/mol. The maximum atomic E-state index is 13.8. The molecule has 0 aromatic carbocycles. The highest BCUT2D eigenvalue weighted by Gasteiger charge is 2.53. The summed E-state index contributed by atoms with van der Waals surface area (Å²) in [4.78, 5) is 0. The van der Waals surface area contributed by atoms with Gasteiger partial charge in [0.05, 0.1) is 12.2 Å². The van der Waals surface area contributed by atoms with E-state index < -0.39 is 29.9 Å². The van der Waals surface area contributed by atoms with Crippen LogP contribution in [0.15, 0.2) is 0 Å². The molecule has 0 aromatic rings. The Morgan fingerprint density at radius 1 is 0.690 bits per heavy atom. The number of nitrogens with zero attached hydrogens (tertiary/aromatic N) is 3. The molecule has 0 atom stereocenters. The predicted molar refractivity (Wildman–Crippen MR) is 111 cm³/mol. The van der Waals surface area contributed by atoms with E-state index in [1.165, 1.54) is 10.1 Å². The first-order chi connectivity index (χ1) is 13.0. The molecule has 0 aliphatic carbocycles. The third-order valence-corrected chi connectivity index (χ3v) is 8.76.